The fourth-order valence-electron chi connectivity index (χ4n) is 1.77. The standard InChI is InChI=1S/C15H12F4N2O/c16-12-6-1-2-7-13(12)21-14(22)20-9-10-4-3-5-11(8-10)15(17,18)19/h1-8H,9H2,(H2,20,21,22). The number of amides is 2. The van der Waals surface area contributed by atoms with Gasteiger partial charge in [0.25, 0.3) is 0 Å². The van der Waals surface area contributed by atoms with Gasteiger partial charge in [0.2, 0.25) is 0 Å². The van der Waals surface area contributed by atoms with Gasteiger partial charge >= 0.3 is 12.2 Å². The molecule has 0 aliphatic rings. The smallest absolute Gasteiger partial charge is 0.334 e. The lowest BCUT2D eigenvalue weighted by atomic mass is 10.1. The van der Waals surface area contributed by atoms with Crippen molar-refractivity contribution in [3.8, 4) is 0 Å². The quantitative estimate of drug-likeness (QED) is 0.821. The zero-order valence-corrected chi connectivity index (χ0v) is 11.2. The third-order valence-corrected chi connectivity index (χ3v) is 2.83. The highest BCUT2D eigenvalue weighted by atomic mass is 19.4. The molecule has 2 rings (SSSR count). The second-order valence-electron chi connectivity index (χ2n) is 4.49. The van der Waals surface area contributed by atoms with E-state index in [2.05, 4.69) is 10.6 Å². The van der Waals surface area contributed by atoms with Gasteiger partial charge in [0.1, 0.15) is 5.82 Å². The van der Waals surface area contributed by atoms with Crippen molar-refractivity contribution in [3.05, 3.63) is 65.5 Å². The fourth-order valence-corrected chi connectivity index (χ4v) is 1.77. The number of hydrogen-bond donors (Lipinski definition) is 2. The van der Waals surface area contributed by atoms with Crippen LogP contribution in [0.4, 0.5) is 28.0 Å². The molecular formula is C15H12F4N2O. The third-order valence-electron chi connectivity index (χ3n) is 2.83. The molecule has 0 saturated carbocycles. The zero-order valence-electron chi connectivity index (χ0n) is 11.2. The molecule has 0 aliphatic carbocycles. The molecule has 116 valence electrons. The van der Waals surface area contributed by atoms with Crippen LogP contribution in [0.3, 0.4) is 0 Å². The van der Waals surface area contributed by atoms with Crippen LogP contribution in [0.5, 0.6) is 0 Å². The van der Waals surface area contributed by atoms with Crippen molar-refractivity contribution >= 4 is 11.7 Å². The summed E-state index contributed by atoms with van der Waals surface area (Å²) in [6.45, 7) is -0.107. The van der Waals surface area contributed by atoms with Gasteiger partial charge in [0.15, 0.2) is 0 Å². The van der Waals surface area contributed by atoms with E-state index in [1.807, 2.05) is 0 Å². The Morgan fingerprint density at radius 1 is 1.05 bits per heavy atom. The molecule has 0 unspecified atom stereocenters. The summed E-state index contributed by atoms with van der Waals surface area (Å²) in [4.78, 5) is 11.6. The van der Waals surface area contributed by atoms with Gasteiger partial charge in [-0.25, -0.2) is 9.18 Å². The van der Waals surface area contributed by atoms with Crippen molar-refractivity contribution in [3.63, 3.8) is 0 Å². The maximum atomic E-state index is 13.3. The molecule has 2 N–H and O–H groups in total. The Hall–Kier alpha value is -2.57. The summed E-state index contributed by atoms with van der Waals surface area (Å²) < 4.78 is 51.0. The minimum Gasteiger partial charge on any atom is -0.334 e. The molecule has 0 aromatic heterocycles. The Morgan fingerprint density at radius 3 is 2.45 bits per heavy atom. The molecule has 7 heteroatoms. The Balaban J connectivity index is 1.96. The fraction of sp³-hybridized carbons (Fsp3) is 0.133. The van der Waals surface area contributed by atoms with Crippen molar-refractivity contribution < 1.29 is 22.4 Å². The summed E-state index contributed by atoms with van der Waals surface area (Å²) in [5.74, 6) is -0.600. The van der Waals surface area contributed by atoms with Gasteiger partial charge in [0.05, 0.1) is 11.3 Å². The first-order valence-electron chi connectivity index (χ1n) is 6.32. The number of benzene rings is 2. The first-order valence-corrected chi connectivity index (χ1v) is 6.32. The van der Waals surface area contributed by atoms with E-state index in [-0.39, 0.29) is 12.2 Å². The van der Waals surface area contributed by atoms with Crippen LogP contribution >= 0.6 is 0 Å². The Labute approximate surface area is 124 Å². The summed E-state index contributed by atoms with van der Waals surface area (Å²) >= 11 is 0. The number of nitrogens with one attached hydrogen (secondary N) is 2. The minimum atomic E-state index is -4.44. The lowest BCUT2D eigenvalue weighted by Gasteiger charge is -2.10. The van der Waals surface area contributed by atoms with Crippen LogP contribution in [-0.2, 0) is 12.7 Å². The molecule has 0 aliphatic heterocycles. The highest BCUT2D eigenvalue weighted by Gasteiger charge is 2.30. The van der Waals surface area contributed by atoms with E-state index < -0.39 is 23.6 Å². The molecule has 0 spiro atoms. The van der Waals surface area contributed by atoms with E-state index in [1.165, 1.54) is 30.3 Å². The van der Waals surface area contributed by atoms with Crippen LogP contribution in [0.1, 0.15) is 11.1 Å². The maximum absolute atomic E-state index is 13.3. The molecule has 0 radical (unpaired) electrons. The van der Waals surface area contributed by atoms with Crippen molar-refractivity contribution in [2.24, 2.45) is 0 Å². The number of halogens is 4. The molecule has 0 atom stereocenters. The molecule has 3 nitrogen and oxygen atoms in total. The van der Waals surface area contributed by atoms with Crippen LogP contribution in [-0.4, -0.2) is 6.03 Å². The Morgan fingerprint density at radius 2 is 1.77 bits per heavy atom. The number of alkyl halides is 3. The van der Waals surface area contributed by atoms with Crippen molar-refractivity contribution in [1.29, 1.82) is 0 Å². The number of carbonyl (C=O) groups excluding carboxylic acids is 1. The molecule has 0 heterocycles. The second-order valence-corrected chi connectivity index (χ2v) is 4.49. The topological polar surface area (TPSA) is 41.1 Å². The van der Waals surface area contributed by atoms with Gasteiger partial charge in [-0.05, 0) is 29.8 Å². The highest BCUT2D eigenvalue weighted by molar-refractivity contribution is 5.89. The van der Waals surface area contributed by atoms with E-state index >= 15 is 0 Å². The summed E-state index contributed by atoms with van der Waals surface area (Å²) in [5.41, 5.74) is -0.510. The van der Waals surface area contributed by atoms with Crippen molar-refractivity contribution in [2.45, 2.75) is 12.7 Å². The summed E-state index contributed by atoms with van der Waals surface area (Å²) in [6, 6.07) is 9.48. The average molecular weight is 312 g/mol. The zero-order chi connectivity index (χ0) is 16.2. The van der Waals surface area contributed by atoms with Gasteiger partial charge in [0, 0.05) is 6.54 Å². The first-order chi connectivity index (χ1) is 10.4. The molecule has 0 saturated heterocycles. The number of carbonyl (C=O) groups is 1. The van der Waals surface area contributed by atoms with Crippen LogP contribution in [0.2, 0.25) is 0 Å². The monoisotopic (exact) mass is 312 g/mol. The predicted molar refractivity (Wildman–Crippen MR) is 73.7 cm³/mol. The molecule has 0 fully saturated rings. The lowest BCUT2D eigenvalue weighted by molar-refractivity contribution is -0.137. The molecule has 2 amide bonds. The average Bonchev–Trinajstić information content (AvgIpc) is 2.47. The van der Waals surface area contributed by atoms with E-state index in [0.29, 0.717) is 5.56 Å². The van der Waals surface area contributed by atoms with Crippen LogP contribution < -0.4 is 10.6 Å². The third kappa shape index (κ3) is 4.21. The van der Waals surface area contributed by atoms with Crippen molar-refractivity contribution in [1.82, 2.24) is 5.32 Å². The van der Waals surface area contributed by atoms with E-state index in [0.717, 1.165) is 12.1 Å². The Kier molecular flexibility index (Phi) is 4.65. The van der Waals surface area contributed by atoms with Crippen molar-refractivity contribution in [2.75, 3.05) is 5.32 Å². The van der Waals surface area contributed by atoms with Gasteiger partial charge in [-0.1, -0.05) is 24.3 Å². The van der Waals surface area contributed by atoms with E-state index in [1.54, 1.807) is 6.07 Å². The van der Waals surface area contributed by atoms with Gasteiger partial charge in [-0.15, -0.1) is 0 Å². The minimum absolute atomic E-state index is 0.0101. The van der Waals surface area contributed by atoms with Gasteiger partial charge in [-0.3, -0.25) is 0 Å². The Bertz CT molecular complexity index is 671. The number of hydrogen-bond acceptors (Lipinski definition) is 1. The molecular weight excluding hydrogens is 300 g/mol. The first kappa shape index (κ1) is 15.8. The highest BCUT2D eigenvalue weighted by Crippen LogP contribution is 2.29. The lowest BCUT2D eigenvalue weighted by Crippen LogP contribution is -2.28. The van der Waals surface area contributed by atoms with E-state index in [9.17, 15) is 22.4 Å². The summed E-state index contributed by atoms with van der Waals surface area (Å²) in [5, 5.41) is 4.65. The molecule has 0 bridgehead atoms. The number of para-hydroxylation sites is 1. The predicted octanol–water partition coefficient (Wildman–Crippen LogP) is 4.17. The number of urea groups is 1. The number of anilines is 1. The number of rotatable bonds is 3. The SMILES string of the molecule is O=C(NCc1cccc(C(F)(F)F)c1)Nc1ccccc1F. The van der Waals surface area contributed by atoms with Crippen LogP contribution in [0.15, 0.2) is 48.5 Å². The maximum Gasteiger partial charge on any atom is 0.416 e. The largest absolute Gasteiger partial charge is 0.416 e. The molecule has 2 aromatic rings. The van der Waals surface area contributed by atoms with E-state index in [4.69, 9.17) is 0 Å². The van der Waals surface area contributed by atoms with Crippen LogP contribution in [0.25, 0.3) is 0 Å². The molecule has 22 heavy (non-hydrogen) atoms. The normalized spacial score (nSPS) is 11.1. The van der Waals surface area contributed by atoms with Crippen LogP contribution in [0, 0.1) is 5.82 Å². The molecule has 2 aromatic carbocycles. The summed E-state index contributed by atoms with van der Waals surface area (Å²) in [6.07, 6.45) is -4.44. The van der Waals surface area contributed by atoms with Gasteiger partial charge in [-0.2, -0.15) is 13.2 Å². The summed E-state index contributed by atoms with van der Waals surface area (Å²) in [7, 11) is 0. The second kappa shape index (κ2) is 6.46. The van der Waals surface area contributed by atoms with Gasteiger partial charge < -0.3 is 10.6 Å².